The zero-order valence-corrected chi connectivity index (χ0v) is 6.36. The Kier molecular flexibility index (Phi) is 4.17. The third-order valence-electron chi connectivity index (χ3n) is 1.20. The van der Waals surface area contributed by atoms with Gasteiger partial charge in [0.15, 0.2) is 0 Å². The van der Waals surface area contributed by atoms with Crippen molar-refractivity contribution in [1.29, 1.82) is 0 Å². The molecule has 0 aromatic carbocycles. The van der Waals surface area contributed by atoms with Gasteiger partial charge in [-0.15, -0.1) is 0 Å². The molecule has 1 fully saturated rings. The van der Waals surface area contributed by atoms with Gasteiger partial charge < -0.3 is 0 Å². The van der Waals surface area contributed by atoms with E-state index in [1.165, 1.54) is 11.5 Å². The van der Waals surface area contributed by atoms with Crippen LogP contribution in [0, 0.1) is 0 Å². The Hall–Kier alpha value is 0.270. The maximum absolute atomic E-state index is 4.28. The van der Waals surface area contributed by atoms with Crippen LogP contribution in [-0.2, 0) is 0 Å². The van der Waals surface area contributed by atoms with E-state index >= 15 is 0 Å². The van der Waals surface area contributed by atoms with Crippen LogP contribution in [0.2, 0.25) is 0 Å². The zero-order chi connectivity index (χ0) is 6.36. The fourth-order valence-corrected chi connectivity index (χ4v) is 1.45. The highest BCUT2D eigenvalue weighted by Gasteiger charge is 1.95. The van der Waals surface area contributed by atoms with E-state index in [1.54, 1.807) is 0 Å². The molecule has 0 atom stereocenters. The molecule has 1 heterocycles. The molecule has 0 amide bonds. The van der Waals surface area contributed by atoms with Crippen LogP contribution in [0.1, 0.15) is 0 Å². The molecule has 1 saturated heterocycles. The van der Waals surface area contributed by atoms with Gasteiger partial charge in [0, 0.05) is 37.7 Å². The number of hydrogen-bond acceptors (Lipinski definition) is 1. The second-order valence-corrected chi connectivity index (χ2v) is 3.18. The summed E-state index contributed by atoms with van der Waals surface area (Å²) in [6.07, 6.45) is 0. The zero-order valence-electron chi connectivity index (χ0n) is 5.55. The van der Waals surface area contributed by atoms with Crippen molar-refractivity contribution in [1.82, 2.24) is 10.6 Å². The van der Waals surface area contributed by atoms with Crippen LogP contribution in [0.3, 0.4) is 0 Å². The molecule has 0 unspecified atom stereocenters. The van der Waals surface area contributed by atoms with Gasteiger partial charge in [0.05, 0.1) is 0 Å². The Morgan fingerprint density at radius 3 is 1.89 bits per heavy atom. The summed E-state index contributed by atoms with van der Waals surface area (Å²) in [5, 5.41) is 8.55. The lowest BCUT2D eigenvalue weighted by Crippen LogP contribution is -2.18. The van der Waals surface area contributed by atoms with Crippen molar-refractivity contribution < 1.29 is 0 Å². The van der Waals surface area contributed by atoms with E-state index in [2.05, 4.69) is 10.6 Å². The summed E-state index contributed by atoms with van der Waals surface area (Å²) in [4.78, 5) is 0. The molecule has 2 radical (unpaired) electrons. The maximum Gasteiger partial charge on any atom is 0.0275 e. The molecule has 0 aromatic heterocycles. The Morgan fingerprint density at radius 2 is 1.33 bits per heavy atom. The van der Waals surface area contributed by atoms with Crippen LogP contribution >= 0.6 is 11.8 Å². The minimum absolute atomic E-state index is 0.945. The molecule has 9 heavy (non-hydrogen) atoms. The van der Waals surface area contributed by atoms with Crippen LogP contribution in [-0.4, -0.2) is 37.7 Å². The second-order valence-electron chi connectivity index (χ2n) is 1.95. The molecule has 52 valence electrons. The van der Waals surface area contributed by atoms with Gasteiger partial charge in [0.1, 0.15) is 0 Å². The van der Waals surface area contributed by atoms with Crippen molar-refractivity contribution >= 4 is 11.8 Å². The molecule has 1 aliphatic heterocycles. The van der Waals surface area contributed by atoms with Crippen LogP contribution in [0.5, 0.6) is 0 Å². The van der Waals surface area contributed by atoms with Gasteiger partial charge in [-0.05, 0) is 0 Å². The SMILES string of the molecule is C1C[N]CCSCC[N]1. The monoisotopic (exact) mass is 144 g/mol. The van der Waals surface area contributed by atoms with E-state index in [9.17, 15) is 0 Å². The first-order valence-corrected chi connectivity index (χ1v) is 4.50. The summed E-state index contributed by atoms with van der Waals surface area (Å²) < 4.78 is 0. The normalized spacial score (nSPS) is 24.0. The van der Waals surface area contributed by atoms with E-state index in [-0.39, 0.29) is 0 Å². The molecule has 0 aliphatic carbocycles. The van der Waals surface area contributed by atoms with Crippen LogP contribution in [0.25, 0.3) is 0 Å². The van der Waals surface area contributed by atoms with Gasteiger partial charge in [0.25, 0.3) is 0 Å². The molecule has 3 heteroatoms. The summed E-state index contributed by atoms with van der Waals surface area (Å²) in [6, 6.07) is 0. The average molecular weight is 144 g/mol. The highest BCUT2D eigenvalue weighted by atomic mass is 32.2. The molecule has 0 saturated carbocycles. The molecular formula is C6H12N2S. The van der Waals surface area contributed by atoms with E-state index in [1.807, 2.05) is 11.8 Å². The van der Waals surface area contributed by atoms with Gasteiger partial charge in [-0.1, -0.05) is 0 Å². The summed E-state index contributed by atoms with van der Waals surface area (Å²) in [5.74, 6) is 2.38. The summed E-state index contributed by atoms with van der Waals surface area (Å²) >= 11 is 1.95. The fourth-order valence-electron chi connectivity index (χ4n) is 0.725. The van der Waals surface area contributed by atoms with Crippen LogP contribution < -0.4 is 10.6 Å². The summed E-state index contributed by atoms with van der Waals surface area (Å²) in [6.45, 7) is 3.95. The lowest BCUT2D eigenvalue weighted by Gasteiger charge is -1.95. The first kappa shape index (κ1) is 7.38. The summed E-state index contributed by atoms with van der Waals surface area (Å²) in [5.41, 5.74) is 0. The molecule has 0 spiro atoms. The third-order valence-corrected chi connectivity index (χ3v) is 2.15. The number of nitrogens with zero attached hydrogens (tertiary/aromatic N) is 2. The number of hydrogen-bond donors (Lipinski definition) is 0. The average Bonchev–Trinajstić information content (AvgIpc) is 2.00. The minimum Gasteiger partial charge on any atom is -0.240 e. The van der Waals surface area contributed by atoms with Crippen molar-refractivity contribution in [2.75, 3.05) is 37.7 Å². The second kappa shape index (κ2) is 5.09. The first-order valence-electron chi connectivity index (χ1n) is 3.34. The molecule has 1 aliphatic rings. The predicted octanol–water partition coefficient (Wildman–Crippen LogP) is -0.0580. The lowest BCUT2D eigenvalue weighted by molar-refractivity contribution is 0.634. The fraction of sp³-hybridized carbons (Fsp3) is 1.00. The van der Waals surface area contributed by atoms with Gasteiger partial charge in [-0.25, -0.2) is 10.6 Å². The Morgan fingerprint density at radius 1 is 0.778 bits per heavy atom. The minimum atomic E-state index is 0.945. The Balaban J connectivity index is 2.02. The third kappa shape index (κ3) is 3.78. The predicted molar refractivity (Wildman–Crippen MR) is 41.1 cm³/mol. The van der Waals surface area contributed by atoms with Gasteiger partial charge in [0.2, 0.25) is 0 Å². The van der Waals surface area contributed by atoms with Crippen molar-refractivity contribution in [3.63, 3.8) is 0 Å². The largest absolute Gasteiger partial charge is 0.240 e. The number of rotatable bonds is 0. The lowest BCUT2D eigenvalue weighted by atomic mass is 10.6. The van der Waals surface area contributed by atoms with E-state index in [0.29, 0.717) is 0 Å². The number of thioether (sulfide) groups is 1. The molecule has 2 nitrogen and oxygen atoms in total. The van der Waals surface area contributed by atoms with E-state index in [0.717, 1.165) is 26.2 Å². The molecule has 0 bridgehead atoms. The van der Waals surface area contributed by atoms with Crippen molar-refractivity contribution in [2.45, 2.75) is 0 Å². The van der Waals surface area contributed by atoms with Crippen molar-refractivity contribution in [2.24, 2.45) is 0 Å². The van der Waals surface area contributed by atoms with E-state index in [4.69, 9.17) is 0 Å². The van der Waals surface area contributed by atoms with Crippen LogP contribution in [0.15, 0.2) is 0 Å². The molecule has 0 N–H and O–H groups in total. The highest BCUT2D eigenvalue weighted by molar-refractivity contribution is 7.99. The van der Waals surface area contributed by atoms with Gasteiger partial charge >= 0.3 is 0 Å². The van der Waals surface area contributed by atoms with Crippen molar-refractivity contribution in [3.8, 4) is 0 Å². The summed E-state index contributed by atoms with van der Waals surface area (Å²) in [7, 11) is 0. The Labute approximate surface area is 60.8 Å². The topological polar surface area (TPSA) is 28.2 Å². The highest BCUT2D eigenvalue weighted by Crippen LogP contribution is 1.97. The van der Waals surface area contributed by atoms with E-state index < -0.39 is 0 Å². The first-order chi connectivity index (χ1) is 4.50. The maximum atomic E-state index is 4.28. The quantitative estimate of drug-likeness (QED) is 0.468. The van der Waals surface area contributed by atoms with Crippen LogP contribution in [0.4, 0.5) is 0 Å². The van der Waals surface area contributed by atoms with Gasteiger partial charge in [-0.2, -0.15) is 11.8 Å². The smallest absolute Gasteiger partial charge is 0.0275 e. The Bertz CT molecular complexity index is 39.5. The standard InChI is InChI=1S/C6H12N2S/c1-2-8-4-6-9-5-3-7-1/h1-6H2. The molecule has 1 rings (SSSR count). The van der Waals surface area contributed by atoms with Crippen molar-refractivity contribution in [3.05, 3.63) is 0 Å². The van der Waals surface area contributed by atoms with Gasteiger partial charge in [-0.3, -0.25) is 0 Å². The molecule has 0 aromatic rings. The molecular weight excluding hydrogens is 132 g/mol.